The highest BCUT2D eigenvalue weighted by Crippen LogP contribution is 2.34. The van der Waals surface area contributed by atoms with Crippen LogP contribution in [0.1, 0.15) is 31.1 Å². The number of fused-ring (bicyclic) bond motifs is 1. The summed E-state index contributed by atoms with van der Waals surface area (Å²) >= 11 is 3.46. The van der Waals surface area contributed by atoms with Crippen molar-refractivity contribution in [3.63, 3.8) is 0 Å². The first-order valence-corrected chi connectivity index (χ1v) is 9.58. The summed E-state index contributed by atoms with van der Waals surface area (Å²) in [4.78, 5) is 28.7. The molecule has 2 atom stereocenters. The normalized spacial score (nSPS) is 22.3. The van der Waals surface area contributed by atoms with Gasteiger partial charge in [0.15, 0.2) is 0 Å². The topological polar surface area (TPSA) is 59.1 Å². The van der Waals surface area contributed by atoms with Gasteiger partial charge in [-0.15, -0.1) is 0 Å². The van der Waals surface area contributed by atoms with E-state index >= 15 is 0 Å². The number of carbonyl (C=O) groups is 2. The van der Waals surface area contributed by atoms with E-state index < -0.39 is 5.60 Å². The molecule has 0 aromatic heterocycles. The molecule has 2 fully saturated rings. The Hall–Kier alpha value is -1.76. The molecular weight excluding hydrogens is 400 g/mol. The van der Waals surface area contributed by atoms with Gasteiger partial charge in [-0.3, -0.25) is 4.79 Å². The van der Waals surface area contributed by atoms with E-state index in [1.165, 1.54) is 0 Å². The minimum atomic E-state index is -0.489. The van der Waals surface area contributed by atoms with Gasteiger partial charge in [-0.05, 0) is 54.9 Å². The van der Waals surface area contributed by atoms with Crippen molar-refractivity contribution in [2.45, 2.75) is 26.4 Å². The lowest BCUT2D eigenvalue weighted by atomic mass is 10.0. The van der Waals surface area contributed by atoms with Crippen LogP contribution in [0.4, 0.5) is 4.79 Å². The Morgan fingerprint density at radius 2 is 1.65 bits per heavy atom. The highest BCUT2D eigenvalue weighted by Gasteiger charge is 2.44. The van der Waals surface area contributed by atoms with Crippen LogP contribution in [-0.4, -0.2) is 60.7 Å². The SMILES string of the molecule is COc1ccc(C(=O)N2CC3CN(C(=O)OC(C)(C)C)CC3C2)c(Br)c1. The molecule has 1 aromatic rings. The molecule has 2 aliphatic rings. The number of nitrogens with zero attached hydrogens (tertiary/aromatic N) is 2. The van der Waals surface area contributed by atoms with Gasteiger partial charge in [0.05, 0.1) is 12.7 Å². The average molecular weight is 425 g/mol. The molecular formula is C19H25BrN2O4. The predicted octanol–water partition coefficient (Wildman–Crippen LogP) is 3.40. The summed E-state index contributed by atoms with van der Waals surface area (Å²) in [5, 5.41) is 0. The molecule has 2 saturated heterocycles. The highest BCUT2D eigenvalue weighted by atomic mass is 79.9. The number of carbonyl (C=O) groups excluding carboxylic acids is 2. The lowest BCUT2D eigenvalue weighted by molar-refractivity contribution is 0.0275. The zero-order chi connectivity index (χ0) is 19.1. The summed E-state index contributed by atoms with van der Waals surface area (Å²) in [6.45, 7) is 8.24. The standard InChI is InChI=1S/C19H25BrN2O4/c1-19(2,3)26-18(24)22-10-12-8-21(9-13(12)11-22)17(23)15-6-5-14(25-4)7-16(15)20/h5-7,12-13H,8-11H2,1-4H3. The fraction of sp³-hybridized carbons (Fsp3) is 0.579. The van der Waals surface area contributed by atoms with E-state index in [0.717, 1.165) is 4.47 Å². The van der Waals surface area contributed by atoms with Gasteiger partial charge in [-0.1, -0.05) is 0 Å². The number of methoxy groups -OCH3 is 1. The molecule has 142 valence electrons. The summed E-state index contributed by atoms with van der Waals surface area (Å²) in [6, 6.07) is 5.37. The van der Waals surface area contributed by atoms with Crippen molar-refractivity contribution in [3.8, 4) is 5.75 Å². The van der Waals surface area contributed by atoms with Crippen molar-refractivity contribution < 1.29 is 19.1 Å². The average Bonchev–Trinajstić information content (AvgIpc) is 3.11. The van der Waals surface area contributed by atoms with Crippen LogP contribution < -0.4 is 4.74 Å². The predicted molar refractivity (Wildman–Crippen MR) is 101 cm³/mol. The van der Waals surface area contributed by atoms with Crippen molar-refractivity contribution in [2.24, 2.45) is 11.8 Å². The molecule has 0 bridgehead atoms. The van der Waals surface area contributed by atoms with Gasteiger partial charge in [0.2, 0.25) is 0 Å². The zero-order valence-corrected chi connectivity index (χ0v) is 17.2. The number of benzene rings is 1. The quantitative estimate of drug-likeness (QED) is 0.729. The molecule has 0 saturated carbocycles. The summed E-state index contributed by atoms with van der Waals surface area (Å²) in [5.74, 6) is 1.34. The fourth-order valence-corrected chi connectivity index (χ4v) is 4.13. The van der Waals surface area contributed by atoms with Gasteiger partial charge < -0.3 is 19.3 Å². The van der Waals surface area contributed by atoms with E-state index in [-0.39, 0.29) is 12.0 Å². The number of hydrogen-bond acceptors (Lipinski definition) is 4. The number of likely N-dealkylation sites (tertiary alicyclic amines) is 2. The molecule has 26 heavy (non-hydrogen) atoms. The number of rotatable bonds is 2. The van der Waals surface area contributed by atoms with Gasteiger partial charge in [-0.2, -0.15) is 0 Å². The van der Waals surface area contributed by atoms with E-state index in [9.17, 15) is 9.59 Å². The summed E-state index contributed by atoms with van der Waals surface area (Å²) in [6.07, 6.45) is -0.261. The number of hydrogen-bond donors (Lipinski definition) is 0. The molecule has 0 aliphatic carbocycles. The van der Waals surface area contributed by atoms with E-state index in [2.05, 4.69) is 15.9 Å². The van der Waals surface area contributed by atoms with Crippen LogP contribution in [0.25, 0.3) is 0 Å². The van der Waals surface area contributed by atoms with Crippen molar-refractivity contribution >= 4 is 27.9 Å². The molecule has 1 aromatic carbocycles. The van der Waals surface area contributed by atoms with Crippen LogP contribution in [0, 0.1) is 11.8 Å². The Kier molecular flexibility index (Phi) is 5.19. The molecule has 3 rings (SSSR count). The Bertz CT molecular complexity index is 702. The largest absolute Gasteiger partial charge is 0.497 e. The zero-order valence-electron chi connectivity index (χ0n) is 15.6. The first kappa shape index (κ1) is 19.0. The maximum atomic E-state index is 12.9. The van der Waals surface area contributed by atoms with Crippen molar-refractivity contribution in [1.82, 2.24) is 9.80 Å². The molecule has 2 unspecified atom stereocenters. The molecule has 6 nitrogen and oxygen atoms in total. The first-order chi connectivity index (χ1) is 12.2. The van der Waals surface area contributed by atoms with Crippen LogP contribution in [0.15, 0.2) is 22.7 Å². The molecule has 0 N–H and O–H groups in total. The second-order valence-corrected chi connectivity index (χ2v) is 8.82. The van der Waals surface area contributed by atoms with Crippen molar-refractivity contribution in [1.29, 1.82) is 0 Å². The number of halogens is 1. The van der Waals surface area contributed by atoms with Crippen molar-refractivity contribution in [3.05, 3.63) is 28.2 Å². The fourth-order valence-electron chi connectivity index (χ4n) is 3.60. The van der Waals surface area contributed by atoms with Gasteiger partial charge >= 0.3 is 6.09 Å². The smallest absolute Gasteiger partial charge is 0.410 e. The second-order valence-electron chi connectivity index (χ2n) is 7.96. The maximum absolute atomic E-state index is 12.9. The Morgan fingerprint density at radius 1 is 1.08 bits per heavy atom. The van der Waals surface area contributed by atoms with E-state index in [1.807, 2.05) is 25.7 Å². The third-order valence-corrected chi connectivity index (χ3v) is 5.49. The minimum Gasteiger partial charge on any atom is -0.497 e. The van der Waals surface area contributed by atoms with Gasteiger partial charge in [0.25, 0.3) is 5.91 Å². The lowest BCUT2D eigenvalue weighted by Crippen LogP contribution is -2.38. The van der Waals surface area contributed by atoms with E-state index in [0.29, 0.717) is 49.3 Å². The summed E-state index contributed by atoms with van der Waals surface area (Å²) < 4.78 is 11.4. The maximum Gasteiger partial charge on any atom is 0.410 e. The van der Waals surface area contributed by atoms with Crippen LogP contribution in [0.5, 0.6) is 5.75 Å². The molecule has 2 heterocycles. The number of amides is 2. The van der Waals surface area contributed by atoms with Crippen LogP contribution in [0.3, 0.4) is 0 Å². The third kappa shape index (κ3) is 3.98. The second kappa shape index (κ2) is 7.10. The first-order valence-electron chi connectivity index (χ1n) is 8.78. The van der Waals surface area contributed by atoms with E-state index in [4.69, 9.17) is 9.47 Å². The highest BCUT2D eigenvalue weighted by molar-refractivity contribution is 9.10. The Morgan fingerprint density at radius 3 is 2.15 bits per heavy atom. The number of ether oxygens (including phenoxy) is 2. The minimum absolute atomic E-state index is 0.0118. The summed E-state index contributed by atoms with van der Waals surface area (Å²) in [5.41, 5.74) is 0.145. The van der Waals surface area contributed by atoms with Gasteiger partial charge in [0, 0.05) is 42.5 Å². The van der Waals surface area contributed by atoms with Crippen LogP contribution in [-0.2, 0) is 4.74 Å². The van der Waals surface area contributed by atoms with Gasteiger partial charge in [0.1, 0.15) is 11.4 Å². The van der Waals surface area contributed by atoms with Crippen LogP contribution >= 0.6 is 15.9 Å². The van der Waals surface area contributed by atoms with E-state index in [1.54, 1.807) is 30.2 Å². The lowest BCUT2D eigenvalue weighted by Gasteiger charge is -2.26. The monoisotopic (exact) mass is 424 g/mol. The Balaban J connectivity index is 1.61. The molecule has 0 spiro atoms. The van der Waals surface area contributed by atoms with Crippen molar-refractivity contribution in [2.75, 3.05) is 33.3 Å². The van der Waals surface area contributed by atoms with Crippen LogP contribution in [0.2, 0.25) is 0 Å². The summed E-state index contributed by atoms with van der Waals surface area (Å²) in [7, 11) is 1.60. The molecule has 2 aliphatic heterocycles. The third-order valence-electron chi connectivity index (χ3n) is 4.83. The molecule has 2 amide bonds. The molecule has 7 heteroatoms. The molecule has 0 radical (unpaired) electrons. The van der Waals surface area contributed by atoms with Gasteiger partial charge in [-0.25, -0.2) is 4.79 Å². The Labute approximate surface area is 162 Å².